The molecule has 3 heteroatoms. The van der Waals surface area contributed by atoms with Crippen molar-refractivity contribution in [2.75, 3.05) is 19.6 Å². The van der Waals surface area contributed by atoms with E-state index in [1.165, 1.54) is 35.1 Å². The maximum absolute atomic E-state index is 13.0. The number of aryl methyl sites for hydroxylation is 2. The van der Waals surface area contributed by atoms with Crippen LogP contribution in [-0.2, 0) is 6.54 Å². The minimum atomic E-state index is -0.165. The summed E-state index contributed by atoms with van der Waals surface area (Å²) >= 11 is 0. The molecule has 0 spiro atoms. The van der Waals surface area contributed by atoms with Crippen molar-refractivity contribution in [3.63, 3.8) is 0 Å². The van der Waals surface area contributed by atoms with Crippen LogP contribution < -0.4 is 5.73 Å². The highest BCUT2D eigenvalue weighted by Gasteiger charge is 2.27. The Labute approximate surface area is 150 Å². The molecule has 2 N–H and O–H groups in total. The van der Waals surface area contributed by atoms with Crippen molar-refractivity contribution in [1.82, 2.24) is 4.90 Å². The highest BCUT2D eigenvalue weighted by atomic mass is 19.1. The molecule has 3 rings (SSSR count). The summed E-state index contributed by atoms with van der Waals surface area (Å²) in [4.78, 5) is 2.47. The molecule has 0 amide bonds. The fraction of sp³-hybridized carbons (Fsp3) is 0.455. The maximum atomic E-state index is 13.0. The van der Waals surface area contributed by atoms with E-state index in [1.807, 2.05) is 12.1 Å². The number of hydrogen-bond acceptors (Lipinski definition) is 2. The largest absolute Gasteiger partial charge is 0.330 e. The third-order valence-corrected chi connectivity index (χ3v) is 5.61. The van der Waals surface area contributed by atoms with Gasteiger partial charge in [0.2, 0.25) is 0 Å². The first-order valence-electron chi connectivity index (χ1n) is 9.31. The van der Waals surface area contributed by atoms with E-state index in [4.69, 9.17) is 5.73 Å². The number of halogens is 1. The second-order valence-electron chi connectivity index (χ2n) is 7.44. The Morgan fingerprint density at radius 3 is 2.40 bits per heavy atom. The molecular formula is C22H29FN2. The zero-order valence-electron chi connectivity index (χ0n) is 15.3. The molecule has 0 aliphatic carbocycles. The summed E-state index contributed by atoms with van der Waals surface area (Å²) in [5.41, 5.74) is 11.5. The second-order valence-corrected chi connectivity index (χ2v) is 7.44. The molecule has 2 nitrogen and oxygen atoms in total. The summed E-state index contributed by atoms with van der Waals surface area (Å²) < 4.78 is 13.0. The van der Waals surface area contributed by atoms with Crippen molar-refractivity contribution < 1.29 is 4.39 Å². The predicted octanol–water partition coefficient (Wildman–Crippen LogP) is 4.40. The Morgan fingerprint density at radius 1 is 1.08 bits per heavy atom. The zero-order valence-corrected chi connectivity index (χ0v) is 15.3. The normalized spacial score (nSPS) is 17.6. The molecule has 134 valence electrons. The van der Waals surface area contributed by atoms with Crippen LogP contribution in [0.25, 0.3) is 0 Å². The Kier molecular flexibility index (Phi) is 5.87. The van der Waals surface area contributed by atoms with E-state index in [1.54, 1.807) is 12.1 Å². The van der Waals surface area contributed by atoms with Crippen LogP contribution in [0.2, 0.25) is 0 Å². The first-order chi connectivity index (χ1) is 12.1. The average Bonchev–Trinajstić information content (AvgIpc) is 2.62. The molecule has 0 aromatic heterocycles. The second kappa shape index (κ2) is 8.11. The number of likely N-dealkylation sites (tertiary alicyclic amines) is 1. The van der Waals surface area contributed by atoms with Crippen LogP contribution in [0.5, 0.6) is 0 Å². The summed E-state index contributed by atoms with van der Waals surface area (Å²) in [5, 5.41) is 0. The fourth-order valence-electron chi connectivity index (χ4n) is 4.09. The summed E-state index contributed by atoms with van der Waals surface area (Å²) in [5.74, 6) is 0.935. The van der Waals surface area contributed by atoms with Gasteiger partial charge in [0.15, 0.2) is 0 Å². The van der Waals surface area contributed by atoms with E-state index in [9.17, 15) is 4.39 Å². The monoisotopic (exact) mass is 340 g/mol. The lowest BCUT2D eigenvalue weighted by Gasteiger charge is -2.36. The minimum absolute atomic E-state index is 0.165. The van der Waals surface area contributed by atoms with Gasteiger partial charge in [0.05, 0.1) is 0 Å². The molecular weight excluding hydrogens is 311 g/mol. The van der Waals surface area contributed by atoms with Gasteiger partial charge in [-0.3, -0.25) is 4.90 Å². The van der Waals surface area contributed by atoms with Crippen molar-refractivity contribution in [3.8, 4) is 0 Å². The number of rotatable bonds is 5. The summed E-state index contributed by atoms with van der Waals surface area (Å²) in [7, 11) is 0. The zero-order chi connectivity index (χ0) is 17.8. The Balaban J connectivity index is 1.62. The molecule has 1 heterocycles. The molecule has 1 saturated heterocycles. The summed E-state index contributed by atoms with van der Waals surface area (Å²) in [6.45, 7) is 8.15. The van der Waals surface area contributed by atoms with Crippen LogP contribution in [0.4, 0.5) is 4.39 Å². The van der Waals surface area contributed by atoms with Crippen LogP contribution >= 0.6 is 0 Å². The van der Waals surface area contributed by atoms with Crippen molar-refractivity contribution >= 4 is 0 Å². The lowest BCUT2D eigenvalue weighted by molar-refractivity contribution is 0.162. The van der Waals surface area contributed by atoms with Crippen LogP contribution in [0.1, 0.15) is 41.0 Å². The molecule has 1 aliphatic rings. The number of hydrogen-bond donors (Lipinski definition) is 1. The van der Waals surface area contributed by atoms with Gasteiger partial charge in [-0.15, -0.1) is 0 Å². The van der Waals surface area contributed by atoms with Gasteiger partial charge in [-0.1, -0.05) is 35.9 Å². The molecule has 2 aromatic rings. The van der Waals surface area contributed by atoms with E-state index in [0.29, 0.717) is 18.4 Å². The molecule has 1 aliphatic heterocycles. The number of nitrogens with two attached hydrogens (primary N) is 1. The quantitative estimate of drug-likeness (QED) is 0.874. The topological polar surface area (TPSA) is 29.3 Å². The smallest absolute Gasteiger partial charge is 0.123 e. The van der Waals surface area contributed by atoms with Crippen LogP contribution in [0.15, 0.2) is 42.5 Å². The van der Waals surface area contributed by atoms with Gasteiger partial charge in [-0.05, 0) is 87.0 Å². The first kappa shape index (κ1) is 18.1. The van der Waals surface area contributed by atoms with Crippen LogP contribution in [-0.4, -0.2) is 24.5 Å². The van der Waals surface area contributed by atoms with E-state index in [0.717, 1.165) is 19.6 Å². The number of piperidine rings is 1. The molecule has 1 unspecified atom stereocenters. The standard InChI is InChI=1S/C22H29FN2/c1-16-3-4-17(2)21(13-16)22(14-24)19-9-11-25(12-10-19)15-18-5-7-20(23)8-6-18/h3-8,13,19,22H,9-12,14-15,24H2,1-2H3. The van der Waals surface area contributed by atoms with Gasteiger partial charge in [0, 0.05) is 6.54 Å². The van der Waals surface area contributed by atoms with E-state index >= 15 is 0 Å². The molecule has 0 saturated carbocycles. The summed E-state index contributed by atoms with van der Waals surface area (Å²) in [6.07, 6.45) is 2.35. The van der Waals surface area contributed by atoms with Crippen molar-refractivity contribution in [3.05, 3.63) is 70.5 Å². The highest BCUT2D eigenvalue weighted by Crippen LogP contribution is 2.34. The van der Waals surface area contributed by atoms with Gasteiger partial charge in [0.1, 0.15) is 5.82 Å². The van der Waals surface area contributed by atoms with Gasteiger partial charge < -0.3 is 5.73 Å². The van der Waals surface area contributed by atoms with Crippen LogP contribution in [0.3, 0.4) is 0 Å². The van der Waals surface area contributed by atoms with Gasteiger partial charge in [0.25, 0.3) is 0 Å². The average molecular weight is 340 g/mol. The van der Waals surface area contributed by atoms with Crippen molar-refractivity contribution in [2.45, 2.75) is 39.2 Å². The Bertz CT molecular complexity index is 688. The third kappa shape index (κ3) is 4.47. The molecule has 1 atom stereocenters. The molecule has 25 heavy (non-hydrogen) atoms. The van der Waals surface area contributed by atoms with E-state index in [2.05, 4.69) is 36.9 Å². The lowest BCUT2D eigenvalue weighted by atomic mass is 9.78. The molecule has 1 fully saturated rings. The summed E-state index contributed by atoms with van der Waals surface area (Å²) in [6, 6.07) is 13.6. The number of benzene rings is 2. The predicted molar refractivity (Wildman–Crippen MR) is 102 cm³/mol. The van der Waals surface area contributed by atoms with Crippen molar-refractivity contribution in [2.24, 2.45) is 11.7 Å². The van der Waals surface area contributed by atoms with Gasteiger partial charge >= 0.3 is 0 Å². The number of nitrogens with zero attached hydrogens (tertiary/aromatic N) is 1. The molecule has 0 radical (unpaired) electrons. The Morgan fingerprint density at radius 2 is 1.76 bits per heavy atom. The van der Waals surface area contributed by atoms with E-state index < -0.39 is 0 Å². The third-order valence-electron chi connectivity index (χ3n) is 5.61. The van der Waals surface area contributed by atoms with Gasteiger partial charge in [-0.25, -0.2) is 4.39 Å². The minimum Gasteiger partial charge on any atom is -0.330 e. The fourth-order valence-corrected chi connectivity index (χ4v) is 4.09. The Hall–Kier alpha value is -1.71. The van der Waals surface area contributed by atoms with Gasteiger partial charge in [-0.2, -0.15) is 0 Å². The van der Waals surface area contributed by atoms with Crippen molar-refractivity contribution in [1.29, 1.82) is 0 Å². The highest BCUT2D eigenvalue weighted by molar-refractivity contribution is 5.34. The SMILES string of the molecule is Cc1ccc(C)c(C(CN)C2CCN(Cc3ccc(F)cc3)CC2)c1. The molecule has 2 aromatic carbocycles. The first-order valence-corrected chi connectivity index (χ1v) is 9.31. The maximum Gasteiger partial charge on any atom is 0.123 e. The molecule has 0 bridgehead atoms. The lowest BCUT2D eigenvalue weighted by Crippen LogP contribution is -2.37. The van der Waals surface area contributed by atoms with E-state index in [-0.39, 0.29) is 5.82 Å². The van der Waals surface area contributed by atoms with Crippen LogP contribution in [0, 0.1) is 25.6 Å².